The molecule has 0 spiro atoms. The molecule has 0 atom stereocenters. The Hall–Kier alpha value is -4.52. The van der Waals surface area contributed by atoms with Crippen molar-refractivity contribution in [1.82, 2.24) is 14.9 Å². The molecule has 2 heterocycles. The predicted octanol–water partition coefficient (Wildman–Crippen LogP) is 1.53. The minimum absolute atomic E-state index is 0.0629. The number of aromatic nitrogens is 2. The van der Waals surface area contributed by atoms with Crippen molar-refractivity contribution in [3.8, 4) is 11.9 Å². The Morgan fingerprint density at radius 1 is 0.943 bits per heavy atom. The highest BCUT2D eigenvalue weighted by molar-refractivity contribution is 7.92. The Labute approximate surface area is 200 Å². The van der Waals surface area contributed by atoms with Crippen LogP contribution in [0.15, 0.2) is 59.5 Å². The quantitative estimate of drug-likeness (QED) is 0.440. The van der Waals surface area contributed by atoms with E-state index in [0.717, 1.165) is 4.90 Å². The number of benzene rings is 2. The summed E-state index contributed by atoms with van der Waals surface area (Å²) < 4.78 is 37.7. The van der Waals surface area contributed by atoms with Crippen molar-refractivity contribution >= 4 is 39.3 Å². The Kier molecular flexibility index (Phi) is 6.34. The molecule has 0 saturated heterocycles. The minimum Gasteiger partial charge on any atom is -0.481 e. The summed E-state index contributed by atoms with van der Waals surface area (Å²) in [5.41, 5.74) is 0.758. The van der Waals surface area contributed by atoms with E-state index in [0.29, 0.717) is 0 Å². The third-order valence-corrected chi connectivity index (χ3v) is 6.31. The van der Waals surface area contributed by atoms with Crippen LogP contribution in [0.5, 0.6) is 11.9 Å². The normalized spacial score (nSPS) is 12.8. The van der Waals surface area contributed by atoms with Crippen molar-refractivity contribution in [2.24, 2.45) is 0 Å². The number of anilines is 2. The van der Waals surface area contributed by atoms with Gasteiger partial charge < -0.3 is 14.8 Å². The molecule has 2 aromatic carbocycles. The van der Waals surface area contributed by atoms with Crippen LogP contribution in [0.1, 0.15) is 20.7 Å². The Morgan fingerprint density at radius 3 is 2.14 bits per heavy atom. The Morgan fingerprint density at radius 2 is 1.57 bits per heavy atom. The lowest BCUT2D eigenvalue weighted by Crippen LogP contribution is -2.37. The largest absolute Gasteiger partial charge is 0.481 e. The molecule has 13 heteroatoms. The zero-order valence-corrected chi connectivity index (χ0v) is 19.3. The highest BCUT2D eigenvalue weighted by Gasteiger charge is 2.36. The number of hydrogen-bond acceptors (Lipinski definition) is 9. The Balaban J connectivity index is 1.42. The molecular formula is C22H19N5O7S. The highest BCUT2D eigenvalue weighted by Crippen LogP contribution is 2.23. The molecule has 0 saturated carbocycles. The Bertz CT molecular complexity index is 1370. The number of amides is 3. The van der Waals surface area contributed by atoms with E-state index in [2.05, 4.69) is 20.0 Å². The van der Waals surface area contributed by atoms with E-state index in [1.165, 1.54) is 56.7 Å². The lowest BCUT2D eigenvalue weighted by Gasteiger charge is -2.14. The molecule has 0 bridgehead atoms. The van der Waals surface area contributed by atoms with Gasteiger partial charge in [-0.1, -0.05) is 12.1 Å². The lowest BCUT2D eigenvalue weighted by atomic mass is 10.1. The van der Waals surface area contributed by atoms with Gasteiger partial charge in [-0.3, -0.25) is 24.0 Å². The van der Waals surface area contributed by atoms with E-state index < -0.39 is 34.3 Å². The van der Waals surface area contributed by atoms with Gasteiger partial charge in [0.05, 0.1) is 30.2 Å². The fourth-order valence-corrected chi connectivity index (χ4v) is 4.28. The number of carbonyl (C=O) groups excluding carboxylic acids is 3. The van der Waals surface area contributed by atoms with Crippen molar-refractivity contribution < 1.29 is 32.3 Å². The lowest BCUT2D eigenvalue weighted by molar-refractivity contribution is -0.116. The van der Waals surface area contributed by atoms with Crippen molar-refractivity contribution in [1.29, 1.82) is 0 Å². The molecule has 1 aliphatic rings. The number of imide groups is 1. The second-order valence-corrected chi connectivity index (χ2v) is 8.88. The van der Waals surface area contributed by atoms with Crippen LogP contribution in [0, 0.1) is 0 Å². The fourth-order valence-electron chi connectivity index (χ4n) is 3.29. The van der Waals surface area contributed by atoms with Crippen LogP contribution in [-0.4, -0.2) is 61.8 Å². The second kappa shape index (κ2) is 9.38. The van der Waals surface area contributed by atoms with Crippen molar-refractivity contribution in [2.45, 2.75) is 4.90 Å². The molecule has 0 radical (unpaired) electrons. The molecule has 4 rings (SSSR count). The summed E-state index contributed by atoms with van der Waals surface area (Å²) in [6.07, 6.45) is 0. The topological polar surface area (TPSA) is 157 Å². The number of hydrogen-bond donors (Lipinski definition) is 2. The van der Waals surface area contributed by atoms with E-state index in [1.54, 1.807) is 12.1 Å². The highest BCUT2D eigenvalue weighted by atomic mass is 32.2. The summed E-state index contributed by atoms with van der Waals surface area (Å²) >= 11 is 0. The van der Waals surface area contributed by atoms with Crippen LogP contribution in [0.4, 0.5) is 11.5 Å². The molecule has 2 N–H and O–H groups in total. The summed E-state index contributed by atoms with van der Waals surface area (Å²) in [6.45, 7) is -0.481. The number of nitrogens with zero attached hydrogens (tertiary/aromatic N) is 3. The SMILES string of the molecule is COc1cc(NS(=O)(=O)c2ccc(NC(=O)CN3C(=O)c4ccccc4C3=O)cc2)nc(OC)n1. The molecular weight excluding hydrogens is 478 g/mol. The molecule has 0 aliphatic carbocycles. The third-order valence-electron chi connectivity index (χ3n) is 4.94. The third kappa shape index (κ3) is 4.89. The van der Waals surface area contributed by atoms with Gasteiger partial charge in [0.25, 0.3) is 21.8 Å². The number of fused-ring (bicyclic) bond motifs is 1. The first-order chi connectivity index (χ1) is 16.7. The summed E-state index contributed by atoms with van der Waals surface area (Å²) in [5.74, 6) is -1.68. The maximum absolute atomic E-state index is 12.7. The monoisotopic (exact) mass is 497 g/mol. The van der Waals surface area contributed by atoms with Crippen molar-refractivity contribution in [3.05, 3.63) is 65.7 Å². The average molecular weight is 497 g/mol. The van der Waals surface area contributed by atoms with Gasteiger partial charge in [0.1, 0.15) is 6.54 Å². The average Bonchev–Trinajstić information content (AvgIpc) is 3.08. The summed E-state index contributed by atoms with van der Waals surface area (Å²) in [4.78, 5) is 45.8. The molecule has 3 aromatic rings. The van der Waals surface area contributed by atoms with Crippen LogP contribution in [0.2, 0.25) is 0 Å². The van der Waals surface area contributed by atoms with Crippen LogP contribution < -0.4 is 19.5 Å². The predicted molar refractivity (Wildman–Crippen MR) is 123 cm³/mol. The van der Waals surface area contributed by atoms with Gasteiger partial charge in [-0.2, -0.15) is 9.97 Å². The first kappa shape index (κ1) is 23.6. The second-order valence-electron chi connectivity index (χ2n) is 7.20. The first-order valence-corrected chi connectivity index (χ1v) is 11.5. The van der Waals surface area contributed by atoms with Gasteiger partial charge in [0.2, 0.25) is 11.8 Å². The molecule has 0 unspecified atom stereocenters. The molecule has 0 fully saturated rings. The van der Waals surface area contributed by atoms with E-state index in [-0.39, 0.29) is 39.4 Å². The standard InChI is InChI=1S/C22H19N5O7S/c1-33-19-11-17(24-22(25-19)34-2)26-35(31,32)14-9-7-13(8-10-14)23-18(28)12-27-20(29)15-5-3-4-6-16(15)21(27)30/h3-11H,12H2,1-2H3,(H,23,28)(H,24,25,26). The van der Waals surface area contributed by atoms with Crippen LogP contribution in [-0.2, 0) is 14.8 Å². The summed E-state index contributed by atoms with van der Waals surface area (Å²) in [5, 5.41) is 2.54. The van der Waals surface area contributed by atoms with Crippen LogP contribution in [0.25, 0.3) is 0 Å². The maximum Gasteiger partial charge on any atom is 0.321 e. The van der Waals surface area contributed by atoms with Gasteiger partial charge in [-0.25, -0.2) is 8.42 Å². The number of methoxy groups -OCH3 is 2. The molecule has 180 valence electrons. The summed E-state index contributed by atoms with van der Waals surface area (Å²) in [6, 6.07) is 12.8. The molecule has 1 aliphatic heterocycles. The van der Waals surface area contributed by atoms with Gasteiger partial charge in [0, 0.05) is 11.8 Å². The molecule has 12 nitrogen and oxygen atoms in total. The zero-order valence-electron chi connectivity index (χ0n) is 18.5. The smallest absolute Gasteiger partial charge is 0.321 e. The van der Waals surface area contributed by atoms with Gasteiger partial charge in [-0.05, 0) is 36.4 Å². The van der Waals surface area contributed by atoms with E-state index in [1.807, 2.05) is 0 Å². The van der Waals surface area contributed by atoms with Crippen molar-refractivity contribution in [2.75, 3.05) is 30.8 Å². The van der Waals surface area contributed by atoms with E-state index >= 15 is 0 Å². The van der Waals surface area contributed by atoms with Gasteiger partial charge >= 0.3 is 6.01 Å². The van der Waals surface area contributed by atoms with E-state index in [4.69, 9.17) is 9.47 Å². The molecule has 1 aromatic heterocycles. The van der Waals surface area contributed by atoms with Crippen molar-refractivity contribution in [3.63, 3.8) is 0 Å². The van der Waals surface area contributed by atoms with E-state index in [9.17, 15) is 22.8 Å². The maximum atomic E-state index is 12.7. The number of rotatable bonds is 8. The fraction of sp³-hybridized carbons (Fsp3) is 0.136. The molecule has 35 heavy (non-hydrogen) atoms. The van der Waals surface area contributed by atoms with Gasteiger partial charge in [-0.15, -0.1) is 0 Å². The zero-order chi connectivity index (χ0) is 25.2. The molecule has 3 amide bonds. The van der Waals surface area contributed by atoms with Gasteiger partial charge in [0.15, 0.2) is 5.82 Å². The number of nitrogens with one attached hydrogen (secondary N) is 2. The number of sulfonamides is 1. The first-order valence-electron chi connectivity index (χ1n) is 10.1. The van der Waals surface area contributed by atoms with Crippen LogP contribution in [0.3, 0.4) is 0 Å². The number of ether oxygens (including phenoxy) is 2. The van der Waals surface area contributed by atoms with Crippen LogP contribution >= 0.6 is 0 Å². The minimum atomic E-state index is -4.03. The number of carbonyl (C=O) groups is 3. The summed E-state index contributed by atoms with van der Waals surface area (Å²) in [7, 11) is -1.34.